The van der Waals surface area contributed by atoms with E-state index in [0.29, 0.717) is 5.92 Å². The minimum Gasteiger partial charge on any atom is -0.327 e. The molecule has 14 heavy (non-hydrogen) atoms. The Kier molecular flexibility index (Phi) is 2.10. The average molecular weight is 212 g/mol. The zero-order valence-electron chi connectivity index (χ0n) is 7.55. The molecule has 76 valence electrons. The number of hydrogen-bond acceptors (Lipinski definition) is 3. The first kappa shape index (κ1) is 9.64. The molecule has 0 spiro atoms. The molecule has 4 N–H and O–H groups in total. The molecule has 2 rings (SSSR count). The maximum Gasteiger partial charge on any atom is 0.238 e. The third kappa shape index (κ3) is 1.79. The lowest BCUT2D eigenvalue weighted by Crippen LogP contribution is -2.12. The maximum atomic E-state index is 10.9. The Morgan fingerprint density at radius 2 is 1.71 bits per heavy atom. The zero-order valence-corrected chi connectivity index (χ0v) is 8.37. The highest BCUT2D eigenvalue weighted by Gasteiger charge is 2.34. The van der Waals surface area contributed by atoms with Crippen molar-refractivity contribution >= 4 is 10.0 Å². The van der Waals surface area contributed by atoms with Crippen LogP contribution >= 0.6 is 0 Å². The Morgan fingerprint density at radius 3 is 2.07 bits per heavy atom. The van der Waals surface area contributed by atoms with E-state index in [0.717, 1.165) is 12.0 Å². The molecule has 1 aromatic rings. The molecule has 1 fully saturated rings. The van der Waals surface area contributed by atoms with Crippen LogP contribution in [0.5, 0.6) is 0 Å². The SMILES string of the molecule is NC1CC1c1ccc(S(N)(=O)=O)cc1. The van der Waals surface area contributed by atoms with Crippen molar-refractivity contribution < 1.29 is 8.42 Å². The summed E-state index contributed by atoms with van der Waals surface area (Å²) < 4.78 is 21.9. The van der Waals surface area contributed by atoms with Gasteiger partial charge in [-0.15, -0.1) is 0 Å². The van der Waals surface area contributed by atoms with Crippen LogP contribution in [0.1, 0.15) is 17.9 Å². The number of sulfonamides is 1. The van der Waals surface area contributed by atoms with Crippen LogP contribution in [0, 0.1) is 0 Å². The van der Waals surface area contributed by atoms with Gasteiger partial charge in [-0.3, -0.25) is 0 Å². The minimum atomic E-state index is -3.57. The summed E-state index contributed by atoms with van der Waals surface area (Å²) in [5.41, 5.74) is 6.77. The van der Waals surface area contributed by atoms with Gasteiger partial charge < -0.3 is 5.73 Å². The molecule has 0 radical (unpaired) electrons. The van der Waals surface area contributed by atoms with Gasteiger partial charge in [-0.1, -0.05) is 12.1 Å². The topological polar surface area (TPSA) is 86.2 Å². The van der Waals surface area contributed by atoms with Crippen molar-refractivity contribution in [2.75, 3.05) is 0 Å². The second-order valence-corrected chi connectivity index (χ2v) is 5.18. The molecule has 2 atom stereocenters. The number of primary sulfonamides is 1. The van der Waals surface area contributed by atoms with Crippen LogP contribution in [0.3, 0.4) is 0 Å². The zero-order chi connectivity index (χ0) is 10.3. The Labute approximate surface area is 83.0 Å². The lowest BCUT2D eigenvalue weighted by molar-refractivity contribution is 0.598. The summed E-state index contributed by atoms with van der Waals surface area (Å²) in [6, 6.07) is 6.83. The molecule has 0 heterocycles. The monoisotopic (exact) mass is 212 g/mol. The van der Waals surface area contributed by atoms with Gasteiger partial charge in [-0.25, -0.2) is 13.6 Å². The maximum absolute atomic E-state index is 10.9. The first-order chi connectivity index (χ1) is 6.48. The van der Waals surface area contributed by atoms with Crippen molar-refractivity contribution in [2.24, 2.45) is 10.9 Å². The van der Waals surface area contributed by atoms with Crippen LogP contribution in [-0.4, -0.2) is 14.5 Å². The fraction of sp³-hybridized carbons (Fsp3) is 0.333. The Bertz CT molecular complexity index is 438. The van der Waals surface area contributed by atoms with E-state index in [4.69, 9.17) is 10.9 Å². The highest BCUT2D eigenvalue weighted by atomic mass is 32.2. The first-order valence-corrected chi connectivity index (χ1v) is 5.91. The highest BCUT2D eigenvalue weighted by molar-refractivity contribution is 7.89. The molecule has 0 bridgehead atoms. The predicted molar refractivity (Wildman–Crippen MR) is 53.1 cm³/mol. The van der Waals surface area contributed by atoms with Crippen molar-refractivity contribution in [1.82, 2.24) is 0 Å². The fourth-order valence-electron chi connectivity index (χ4n) is 1.50. The van der Waals surface area contributed by atoms with Gasteiger partial charge in [0, 0.05) is 12.0 Å². The van der Waals surface area contributed by atoms with Crippen molar-refractivity contribution in [3.05, 3.63) is 29.8 Å². The van der Waals surface area contributed by atoms with Gasteiger partial charge in [0.25, 0.3) is 0 Å². The van der Waals surface area contributed by atoms with Crippen molar-refractivity contribution in [3.8, 4) is 0 Å². The van der Waals surface area contributed by atoms with E-state index in [1.165, 1.54) is 12.1 Å². The summed E-state index contributed by atoms with van der Waals surface area (Å²) in [5, 5.41) is 4.97. The van der Waals surface area contributed by atoms with E-state index >= 15 is 0 Å². The predicted octanol–water partition coefficient (Wildman–Crippen LogP) is 0.149. The van der Waals surface area contributed by atoms with Crippen molar-refractivity contribution in [2.45, 2.75) is 23.3 Å². The Hall–Kier alpha value is -0.910. The molecule has 4 nitrogen and oxygen atoms in total. The van der Waals surface area contributed by atoms with Crippen LogP contribution in [-0.2, 0) is 10.0 Å². The normalized spacial score (nSPS) is 26.1. The van der Waals surface area contributed by atoms with Crippen molar-refractivity contribution in [1.29, 1.82) is 0 Å². The van der Waals surface area contributed by atoms with E-state index in [1.54, 1.807) is 12.1 Å². The summed E-state index contributed by atoms with van der Waals surface area (Å²) in [7, 11) is -3.57. The lowest BCUT2D eigenvalue weighted by atomic mass is 10.1. The smallest absolute Gasteiger partial charge is 0.238 e. The second kappa shape index (κ2) is 3.05. The summed E-state index contributed by atoms with van der Waals surface area (Å²) in [5.74, 6) is 0.393. The number of hydrogen-bond donors (Lipinski definition) is 2. The average Bonchev–Trinajstić information content (AvgIpc) is 2.81. The molecule has 5 heteroatoms. The second-order valence-electron chi connectivity index (χ2n) is 3.62. The standard InChI is InChI=1S/C9H12N2O2S/c10-9-5-8(9)6-1-3-7(4-2-6)14(11,12)13/h1-4,8-9H,5,10H2,(H2,11,12,13). The minimum absolute atomic E-state index is 0.149. The molecular weight excluding hydrogens is 200 g/mol. The number of nitrogens with two attached hydrogens (primary N) is 2. The van der Waals surface area contributed by atoms with E-state index in [1.807, 2.05) is 0 Å². The van der Waals surface area contributed by atoms with Gasteiger partial charge in [-0.05, 0) is 24.1 Å². The van der Waals surface area contributed by atoms with Crippen LogP contribution in [0.2, 0.25) is 0 Å². The van der Waals surface area contributed by atoms with Crippen LogP contribution in [0.15, 0.2) is 29.2 Å². The third-order valence-electron chi connectivity index (χ3n) is 2.48. The summed E-state index contributed by atoms with van der Waals surface area (Å²) in [6.45, 7) is 0. The lowest BCUT2D eigenvalue weighted by Gasteiger charge is -2.00. The molecule has 0 aromatic heterocycles. The summed E-state index contributed by atoms with van der Waals surface area (Å²) >= 11 is 0. The summed E-state index contributed by atoms with van der Waals surface area (Å²) in [4.78, 5) is 0.149. The molecule has 1 aliphatic carbocycles. The fourth-order valence-corrected chi connectivity index (χ4v) is 2.02. The molecule has 1 aromatic carbocycles. The van der Waals surface area contributed by atoms with Gasteiger partial charge in [0.2, 0.25) is 10.0 Å². The van der Waals surface area contributed by atoms with Gasteiger partial charge in [0.15, 0.2) is 0 Å². The molecular formula is C9H12N2O2S. The molecule has 0 saturated heterocycles. The van der Waals surface area contributed by atoms with E-state index in [2.05, 4.69) is 0 Å². The van der Waals surface area contributed by atoms with Crippen LogP contribution in [0.4, 0.5) is 0 Å². The van der Waals surface area contributed by atoms with Gasteiger partial charge in [-0.2, -0.15) is 0 Å². The number of rotatable bonds is 2. The van der Waals surface area contributed by atoms with Crippen LogP contribution in [0.25, 0.3) is 0 Å². The molecule has 1 saturated carbocycles. The van der Waals surface area contributed by atoms with E-state index in [9.17, 15) is 8.42 Å². The Morgan fingerprint density at radius 1 is 1.21 bits per heavy atom. The molecule has 2 unspecified atom stereocenters. The van der Waals surface area contributed by atoms with E-state index < -0.39 is 10.0 Å². The molecule has 0 aliphatic heterocycles. The van der Waals surface area contributed by atoms with Crippen LogP contribution < -0.4 is 10.9 Å². The van der Waals surface area contributed by atoms with Gasteiger partial charge in [0.1, 0.15) is 0 Å². The highest BCUT2D eigenvalue weighted by Crippen LogP contribution is 2.38. The molecule has 0 amide bonds. The van der Waals surface area contributed by atoms with Gasteiger partial charge >= 0.3 is 0 Å². The van der Waals surface area contributed by atoms with Gasteiger partial charge in [0.05, 0.1) is 4.90 Å². The quantitative estimate of drug-likeness (QED) is 0.731. The number of benzene rings is 1. The molecule has 1 aliphatic rings. The Balaban J connectivity index is 2.27. The van der Waals surface area contributed by atoms with Crippen molar-refractivity contribution in [3.63, 3.8) is 0 Å². The third-order valence-corrected chi connectivity index (χ3v) is 3.41. The first-order valence-electron chi connectivity index (χ1n) is 4.37. The van der Waals surface area contributed by atoms with E-state index in [-0.39, 0.29) is 10.9 Å². The summed E-state index contributed by atoms with van der Waals surface area (Å²) in [6.07, 6.45) is 0.981. The largest absolute Gasteiger partial charge is 0.327 e.